The topological polar surface area (TPSA) is 98.1 Å². The third kappa shape index (κ3) is 4.75. The van der Waals surface area contributed by atoms with E-state index >= 15 is 0 Å². The molecule has 0 radical (unpaired) electrons. The van der Waals surface area contributed by atoms with Crippen LogP contribution in [0.2, 0.25) is 0 Å². The number of amides is 1. The largest absolute Gasteiger partial charge is 0.331 e. The summed E-state index contributed by atoms with van der Waals surface area (Å²) >= 11 is 0. The fourth-order valence-corrected chi connectivity index (χ4v) is 2.48. The van der Waals surface area contributed by atoms with E-state index in [9.17, 15) is 18.0 Å². The van der Waals surface area contributed by atoms with E-state index in [2.05, 4.69) is 10.3 Å². The van der Waals surface area contributed by atoms with E-state index in [1.54, 1.807) is 48.3 Å². The highest BCUT2D eigenvalue weighted by molar-refractivity contribution is 7.90. The third-order valence-corrected chi connectivity index (χ3v) is 4.10. The van der Waals surface area contributed by atoms with Crippen LogP contribution >= 0.6 is 0 Å². The number of ketones is 1. The van der Waals surface area contributed by atoms with Gasteiger partial charge in [0, 0.05) is 43.4 Å². The van der Waals surface area contributed by atoms with Crippen molar-refractivity contribution in [1.29, 1.82) is 0 Å². The Morgan fingerprint density at radius 1 is 1.22 bits per heavy atom. The monoisotopic (exact) mass is 335 g/mol. The number of rotatable bonds is 6. The van der Waals surface area contributed by atoms with Gasteiger partial charge >= 0.3 is 0 Å². The first-order valence-corrected chi connectivity index (χ1v) is 8.92. The van der Waals surface area contributed by atoms with Crippen LogP contribution in [0.1, 0.15) is 22.6 Å². The lowest BCUT2D eigenvalue weighted by Crippen LogP contribution is -2.16. The highest BCUT2D eigenvalue weighted by Crippen LogP contribution is 2.13. The Morgan fingerprint density at radius 2 is 1.87 bits per heavy atom. The van der Waals surface area contributed by atoms with E-state index in [0.717, 1.165) is 6.26 Å². The molecule has 0 aliphatic heterocycles. The molecule has 7 nitrogen and oxygen atoms in total. The number of nitrogens with one attached hydrogen (secondary N) is 1. The van der Waals surface area contributed by atoms with Crippen LogP contribution in [0.4, 0.5) is 5.69 Å². The van der Waals surface area contributed by atoms with Crippen LogP contribution in [0, 0.1) is 0 Å². The molecule has 1 aromatic carbocycles. The molecule has 1 heterocycles. The Morgan fingerprint density at radius 3 is 2.39 bits per heavy atom. The van der Waals surface area contributed by atoms with Gasteiger partial charge in [0.05, 0.1) is 5.75 Å². The van der Waals surface area contributed by atoms with Crippen molar-refractivity contribution in [2.45, 2.75) is 6.42 Å². The Kier molecular flexibility index (Phi) is 4.95. The number of nitrogens with zero attached hydrogens (tertiary/aromatic N) is 2. The summed E-state index contributed by atoms with van der Waals surface area (Å²) in [6, 6.07) is 6.36. The van der Waals surface area contributed by atoms with Gasteiger partial charge < -0.3 is 9.88 Å². The number of imidazole rings is 1. The van der Waals surface area contributed by atoms with Crippen LogP contribution in [-0.2, 0) is 21.7 Å². The van der Waals surface area contributed by atoms with Crippen molar-refractivity contribution in [2.75, 3.05) is 17.3 Å². The summed E-state index contributed by atoms with van der Waals surface area (Å²) < 4.78 is 23.7. The van der Waals surface area contributed by atoms with Crippen molar-refractivity contribution >= 4 is 27.2 Å². The van der Waals surface area contributed by atoms with Gasteiger partial charge in [0.1, 0.15) is 9.84 Å². The minimum atomic E-state index is -3.17. The Labute approximate surface area is 134 Å². The van der Waals surface area contributed by atoms with E-state index in [4.69, 9.17) is 0 Å². The molecule has 2 rings (SSSR count). The molecule has 0 aliphatic carbocycles. The van der Waals surface area contributed by atoms with E-state index in [-0.39, 0.29) is 18.0 Å². The molecule has 0 unspecified atom stereocenters. The quantitative estimate of drug-likeness (QED) is 0.795. The number of carbonyl (C=O) groups is 2. The molecule has 0 saturated carbocycles. The second-order valence-corrected chi connectivity index (χ2v) is 7.46. The predicted molar refractivity (Wildman–Crippen MR) is 86.0 cm³/mol. The maximum absolute atomic E-state index is 12.2. The van der Waals surface area contributed by atoms with Gasteiger partial charge in [-0.15, -0.1) is 0 Å². The minimum Gasteiger partial charge on any atom is -0.331 e. The molecule has 0 atom stereocenters. The lowest BCUT2D eigenvalue weighted by molar-refractivity contribution is -0.115. The molecule has 0 bridgehead atoms. The summed E-state index contributed by atoms with van der Waals surface area (Å²) in [7, 11) is -1.44. The fraction of sp³-hybridized carbons (Fsp3) is 0.267. The van der Waals surface area contributed by atoms with Crippen LogP contribution in [0.3, 0.4) is 0 Å². The molecule has 2 aromatic rings. The number of hydrogen-bond donors (Lipinski definition) is 1. The number of aryl methyl sites for hydroxylation is 1. The van der Waals surface area contributed by atoms with Crippen molar-refractivity contribution in [3.05, 3.63) is 48.0 Å². The molecule has 0 fully saturated rings. The minimum absolute atomic E-state index is 0.104. The van der Waals surface area contributed by atoms with Gasteiger partial charge in [0.25, 0.3) is 0 Å². The first-order valence-electron chi connectivity index (χ1n) is 6.86. The van der Waals surface area contributed by atoms with Crippen LogP contribution < -0.4 is 5.32 Å². The highest BCUT2D eigenvalue weighted by Gasteiger charge is 2.14. The molecule has 1 N–H and O–H groups in total. The number of hydrogen-bond acceptors (Lipinski definition) is 5. The van der Waals surface area contributed by atoms with Gasteiger partial charge in [-0.2, -0.15) is 0 Å². The van der Waals surface area contributed by atoms with Crippen molar-refractivity contribution in [1.82, 2.24) is 9.55 Å². The zero-order chi connectivity index (χ0) is 17.0. The summed E-state index contributed by atoms with van der Waals surface area (Å²) in [5, 5.41) is 2.59. The summed E-state index contributed by atoms with van der Waals surface area (Å²) in [6.07, 6.45) is 4.21. The second kappa shape index (κ2) is 6.74. The smallest absolute Gasteiger partial charge is 0.228 e. The number of aromatic nitrogens is 2. The average molecular weight is 335 g/mol. The van der Waals surface area contributed by atoms with Crippen molar-refractivity contribution in [3.8, 4) is 0 Å². The summed E-state index contributed by atoms with van der Waals surface area (Å²) in [6.45, 7) is 0. The fourth-order valence-electron chi connectivity index (χ4n) is 1.92. The van der Waals surface area contributed by atoms with Crippen LogP contribution in [0.15, 0.2) is 36.7 Å². The van der Waals surface area contributed by atoms with Gasteiger partial charge in [-0.1, -0.05) is 0 Å². The normalized spacial score (nSPS) is 11.2. The van der Waals surface area contributed by atoms with E-state index in [1.807, 2.05) is 0 Å². The third-order valence-electron chi connectivity index (χ3n) is 3.16. The van der Waals surface area contributed by atoms with Crippen LogP contribution in [0.5, 0.6) is 0 Å². The first kappa shape index (κ1) is 16.9. The van der Waals surface area contributed by atoms with Crippen LogP contribution in [0.25, 0.3) is 0 Å². The van der Waals surface area contributed by atoms with Gasteiger partial charge in [-0.05, 0) is 24.3 Å². The molecule has 0 aliphatic rings. The van der Waals surface area contributed by atoms with Crippen LogP contribution in [-0.4, -0.2) is 41.7 Å². The Bertz CT molecular complexity index is 823. The van der Waals surface area contributed by atoms with E-state index in [0.29, 0.717) is 17.1 Å². The molecule has 8 heteroatoms. The molecule has 0 saturated heterocycles. The predicted octanol–water partition coefficient (Wildman–Crippen LogP) is 1.02. The van der Waals surface area contributed by atoms with Gasteiger partial charge in [-0.3, -0.25) is 9.59 Å². The molecular weight excluding hydrogens is 318 g/mol. The maximum atomic E-state index is 12.2. The Balaban J connectivity index is 2.01. The van der Waals surface area contributed by atoms with Gasteiger partial charge in [0.15, 0.2) is 5.82 Å². The zero-order valence-electron chi connectivity index (χ0n) is 12.8. The van der Waals surface area contributed by atoms with E-state index < -0.39 is 15.7 Å². The molecule has 0 spiro atoms. The lowest BCUT2D eigenvalue weighted by Gasteiger charge is -2.06. The summed E-state index contributed by atoms with van der Waals surface area (Å²) in [5.74, 6) is -0.477. The van der Waals surface area contributed by atoms with Crippen molar-refractivity contribution in [3.63, 3.8) is 0 Å². The molecule has 122 valence electrons. The van der Waals surface area contributed by atoms with Crippen molar-refractivity contribution < 1.29 is 18.0 Å². The molecule has 1 aromatic heterocycles. The lowest BCUT2D eigenvalue weighted by atomic mass is 10.1. The molecule has 23 heavy (non-hydrogen) atoms. The second-order valence-electron chi connectivity index (χ2n) is 5.20. The zero-order valence-corrected chi connectivity index (χ0v) is 13.6. The number of anilines is 1. The number of benzene rings is 1. The standard InChI is InChI=1S/C15H17N3O4S/c1-18-9-8-16-15(18)14(20)11-3-5-12(6-4-11)17-13(19)7-10-23(2,21)22/h3-6,8-9H,7,10H2,1-2H3,(H,17,19). The number of sulfone groups is 1. The molecular formula is C15H17N3O4S. The first-order chi connectivity index (χ1) is 10.8. The van der Waals surface area contributed by atoms with Gasteiger partial charge in [-0.25, -0.2) is 13.4 Å². The molecule has 1 amide bonds. The van der Waals surface area contributed by atoms with Crippen molar-refractivity contribution in [2.24, 2.45) is 7.05 Å². The summed E-state index contributed by atoms with van der Waals surface area (Å²) in [5.41, 5.74) is 0.952. The maximum Gasteiger partial charge on any atom is 0.228 e. The average Bonchev–Trinajstić information content (AvgIpc) is 2.91. The SMILES string of the molecule is Cn1ccnc1C(=O)c1ccc(NC(=O)CCS(C)(=O)=O)cc1. The Hall–Kier alpha value is -2.48. The highest BCUT2D eigenvalue weighted by atomic mass is 32.2. The summed E-state index contributed by atoms with van der Waals surface area (Å²) in [4.78, 5) is 27.9. The number of carbonyl (C=O) groups excluding carboxylic acids is 2. The van der Waals surface area contributed by atoms with E-state index in [1.165, 1.54) is 0 Å². The van der Waals surface area contributed by atoms with Gasteiger partial charge in [0.2, 0.25) is 11.7 Å².